The molecule has 0 bridgehead atoms. The van der Waals surface area contributed by atoms with Gasteiger partial charge in [0.25, 0.3) is 5.91 Å². The number of fused-ring (bicyclic) bond motifs is 1. The zero-order valence-electron chi connectivity index (χ0n) is 12.9. The highest BCUT2D eigenvalue weighted by Gasteiger charge is 2.32. The first-order valence-electron chi connectivity index (χ1n) is 7.42. The summed E-state index contributed by atoms with van der Waals surface area (Å²) in [6.07, 6.45) is 1.80. The van der Waals surface area contributed by atoms with Crippen LogP contribution in [0.15, 0.2) is 48.4 Å². The van der Waals surface area contributed by atoms with Gasteiger partial charge in [-0.3, -0.25) is 9.78 Å². The Balaban J connectivity index is 2.01. The number of amides is 1. The number of likely N-dealkylation sites (N-methyl/N-ethyl adjacent to an activating group) is 1. The molecule has 0 spiro atoms. The van der Waals surface area contributed by atoms with Crippen LogP contribution in [0.1, 0.15) is 22.8 Å². The summed E-state index contributed by atoms with van der Waals surface area (Å²) in [4.78, 5) is 17.8. The van der Waals surface area contributed by atoms with Crippen LogP contribution in [0.5, 0.6) is 0 Å². The normalized spacial score (nSPS) is 16.8. The number of aliphatic hydroxyl groups is 2. The summed E-state index contributed by atoms with van der Waals surface area (Å²) in [7, 11) is 0. The van der Waals surface area contributed by atoms with Gasteiger partial charge in [0, 0.05) is 35.1 Å². The van der Waals surface area contributed by atoms with E-state index in [1.54, 1.807) is 35.2 Å². The highest BCUT2D eigenvalue weighted by Crippen LogP contribution is 2.36. The van der Waals surface area contributed by atoms with E-state index in [0.29, 0.717) is 28.4 Å². The minimum absolute atomic E-state index is 0.0356. The zero-order chi connectivity index (χ0) is 17.3. The van der Waals surface area contributed by atoms with Crippen LogP contribution in [-0.4, -0.2) is 33.9 Å². The molecule has 1 unspecified atom stereocenters. The number of nitrogens with one attached hydrogen (secondary N) is 1. The first kappa shape index (κ1) is 16.3. The summed E-state index contributed by atoms with van der Waals surface area (Å²) < 4.78 is 0. The van der Waals surface area contributed by atoms with Gasteiger partial charge >= 0.3 is 0 Å². The first-order valence-corrected chi connectivity index (χ1v) is 7.80. The average molecular weight is 346 g/mol. The molecule has 3 rings (SSSR count). The third-order valence-electron chi connectivity index (χ3n) is 3.86. The van der Waals surface area contributed by atoms with E-state index in [1.807, 2.05) is 6.92 Å². The summed E-state index contributed by atoms with van der Waals surface area (Å²) in [5, 5.41) is 24.2. The molecule has 1 amide bonds. The smallest absolute Gasteiger partial charge is 0.255 e. The zero-order valence-corrected chi connectivity index (χ0v) is 13.7. The topological polar surface area (TPSA) is 85.7 Å². The Hall–Kier alpha value is -2.57. The molecular weight excluding hydrogens is 330 g/mol. The highest BCUT2D eigenvalue weighted by atomic mass is 35.5. The van der Waals surface area contributed by atoms with E-state index in [1.165, 1.54) is 12.4 Å². The fourth-order valence-corrected chi connectivity index (χ4v) is 2.83. The Morgan fingerprint density at radius 1 is 1.33 bits per heavy atom. The van der Waals surface area contributed by atoms with Crippen LogP contribution in [0.4, 0.5) is 5.69 Å². The van der Waals surface area contributed by atoms with E-state index in [0.717, 1.165) is 0 Å². The van der Waals surface area contributed by atoms with Crippen LogP contribution in [0.25, 0.3) is 5.76 Å². The lowest BCUT2D eigenvalue weighted by molar-refractivity contribution is 0.0944. The van der Waals surface area contributed by atoms with E-state index in [4.69, 9.17) is 11.6 Å². The summed E-state index contributed by atoms with van der Waals surface area (Å²) >= 11 is 6.01. The molecule has 1 aromatic carbocycles. The monoisotopic (exact) mass is 345 g/mol. The third-order valence-corrected chi connectivity index (χ3v) is 4.10. The van der Waals surface area contributed by atoms with Gasteiger partial charge in [-0.15, -0.1) is 0 Å². The number of anilines is 1. The van der Waals surface area contributed by atoms with Crippen LogP contribution in [0.3, 0.4) is 0 Å². The fourth-order valence-electron chi connectivity index (χ4n) is 2.66. The summed E-state index contributed by atoms with van der Waals surface area (Å²) in [5.41, 5.74) is 1.52. The highest BCUT2D eigenvalue weighted by molar-refractivity contribution is 6.31. The number of aromatic nitrogens is 1. The van der Waals surface area contributed by atoms with Gasteiger partial charge in [0.2, 0.25) is 0 Å². The predicted molar refractivity (Wildman–Crippen MR) is 91.7 cm³/mol. The molecule has 1 aliphatic heterocycles. The second-order valence-corrected chi connectivity index (χ2v) is 5.71. The molecule has 0 saturated carbocycles. The van der Waals surface area contributed by atoms with Crippen LogP contribution in [0, 0.1) is 0 Å². The lowest BCUT2D eigenvalue weighted by atomic mass is 10.0. The van der Waals surface area contributed by atoms with Crippen LogP contribution in [0.2, 0.25) is 5.02 Å². The Morgan fingerprint density at radius 2 is 2.04 bits per heavy atom. The second-order valence-electron chi connectivity index (χ2n) is 5.27. The molecule has 2 heterocycles. The molecule has 124 valence electrons. The van der Waals surface area contributed by atoms with Crippen molar-refractivity contribution in [1.82, 2.24) is 10.3 Å². The number of carbonyl (C=O) groups excluding carboxylic acids is 1. The molecule has 0 aliphatic carbocycles. The standard InChI is InChI=1S/C17H16ClN3O3/c1-2-21-13-9-11(18)3-4-12(13)15(22)14(17(21)24)20-16(23)10-5-7-19-8-6-10/h3-9,17,22,24H,2H2,1H3,(H,20,23). The van der Waals surface area contributed by atoms with Crippen molar-refractivity contribution in [3.8, 4) is 0 Å². The number of benzene rings is 1. The SMILES string of the molecule is CCN1c2cc(Cl)ccc2C(O)=C(NC(=O)c2ccncc2)C1O. The number of aliphatic hydroxyl groups excluding tert-OH is 2. The molecule has 3 N–H and O–H groups in total. The van der Waals surface area contributed by atoms with E-state index in [9.17, 15) is 15.0 Å². The van der Waals surface area contributed by atoms with Crippen molar-refractivity contribution in [2.75, 3.05) is 11.4 Å². The lowest BCUT2D eigenvalue weighted by Crippen LogP contribution is -2.45. The largest absolute Gasteiger partial charge is 0.505 e. The predicted octanol–water partition coefficient (Wildman–Crippen LogP) is 2.55. The fraction of sp³-hybridized carbons (Fsp3) is 0.176. The molecular formula is C17H16ClN3O3. The quantitative estimate of drug-likeness (QED) is 0.796. The van der Waals surface area contributed by atoms with E-state index < -0.39 is 12.1 Å². The number of carbonyl (C=O) groups is 1. The van der Waals surface area contributed by atoms with Gasteiger partial charge in [0.15, 0.2) is 6.23 Å². The minimum atomic E-state index is -1.19. The number of pyridine rings is 1. The van der Waals surface area contributed by atoms with E-state index in [2.05, 4.69) is 10.3 Å². The molecule has 0 saturated heterocycles. The van der Waals surface area contributed by atoms with Gasteiger partial charge in [-0.05, 0) is 37.3 Å². The molecule has 6 nitrogen and oxygen atoms in total. The maximum Gasteiger partial charge on any atom is 0.255 e. The van der Waals surface area contributed by atoms with Crippen molar-refractivity contribution < 1.29 is 15.0 Å². The Morgan fingerprint density at radius 3 is 2.71 bits per heavy atom. The first-order chi connectivity index (χ1) is 11.5. The lowest BCUT2D eigenvalue weighted by Gasteiger charge is -2.36. The van der Waals surface area contributed by atoms with Crippen molar-refractivity contribution in [1.29, 1.82) is 0 Å². The second kappa shape index (κ2) is 6.51. The van der Waals surface area contributed by atoms with Crippen LogP contribution >= 0.6 is 11.6 Å². The summed E-state index contributed by atoms with van der Waals surface area (Å²) in [5.74, 6) is -0.618. The molecule has 24 heavy (non-hydrogen) atoms. The van der Waals surface area contributed by atoms with Gasteiger partial charge in [-0.1, -0.05) is 11.6 Å². The summed E-state index contributed by atoms with van der Waals surface area (Å²) in [6.45, 7) is 2.33. The Bertz CT molecular complexity index is 808. The van der Waals surface area contributed by atoms with Crippen molar-refractivity contribution in [2.24, 2.45) is 0 Å². The van der Waals surface area contributed by atoms with Crippen molar-refractivity contribution in [3.63, 3.8) is 0 Å². The maximum absolute atomic E-state index is 12.3. The molecule has 1 aliphatic rings. The van der Waals surface area contributed by atoms with Gasteiger partial charge in [0.05, 0.1) is 5.69 Å². The van der Waals surface area contributed by atoms with Crippen molar-refractivity contribution >= 4 is 29.0 Å². The third kappa shape index (κ3) is 2.81. The number of nitrogens with zero attached hydrogens (tertiary/aromatic N) is 2. The van der Waals surface area contributed by atoms with Gasteiger partial charge in [-0.2, -0.15) is 0 Å². The molecule has 1 atom stereocenters. The van der Waals surface area contributed by atoms with E-state index in [-0.39, 0.29) is 11.5 Å². The number of rotatable bonds is 3. The maximum atomic E-state index is 12.3. The van der Waals surface area contributed by atoms with Gasteiger partial charge in [0.1, 0.15) is 11.5 Å². The molecule has 1 aromatic heterocycles. The van der Waals surface area contributed by atoms with Crippen molar-refractivity contribution in [3.05, 3.63) is 64.6 Å². The Kier molecular flexibility index (Phi) is 4.42. The molecule has 0 radical (unpaired) electrons. The summed E-state index contributed by atoms with van der Waals surface area (Å²) in [6, 6.07) is 8.06. The number of hydrogen-bond acceptors (Lipinski definition) is 5. The number of hydrogen-bond donors (Lipinski definition) is 3. The molecule has 2 aromatic rings. The van der Waals surface area contributed by atoms with Gasteiger partial charge < -0.3 is 20.4 Å². The van der Waals surface area contributed by atoms with Crippen LogP contribution in [-0.2, 0) is 0 Å². The Labute approximate surface area is 144 Å². The molecule has 7 heteroatoms. The molecule has 0 fully saturated rings. The van der Waals surface area contributed by atoms with E-state index >= 15 is 0 Å². The number of halogens is 1. The van der Waals surface area contributed by atoms with Crippen LogP contribution < -0.4 is 10.2 Å². The van der Waals surface area contributed by atoms with Gasteiger partial charge in [-0.25, -0.2) is 0 Å². The van der Waals surface area contributed by atoms with Crippen molar-refractivity contribution in [2.45, 2.75) is 13.2 Å². The average Bonchev–Trinajstić information content (AvgIpc) is 2.59. The minimum Gasteiger partial charge on any atom is -0.505 e.